The topological polar surface area (TPSA) is 74.9 Å². The standard InChI is InChI=1S/C29H28ClN3O3S/c1-18-15-20(19(2)32(18)23-13-14-25(30)24(17-23)28(35)36)16-26-27(34)33(22-11-7-4-8-12-22)29(37-26)31-21-9-5-3-6-10-21/h3,5-6,9-10,13-17,22H,4,7-8,11-12H2,1-2H3,(H,35,36)/b26-16-,31-29?. The maximum atomic E-state index is 13.7. The minimum atomic E-state index is -1.07. The molecule has 1 amide bonds. The zero-order valence-corrected chi connectivity index (χ0v) is 22.4. The lowest BCUT2D eigenvalue weighted by Crippen LogP contribution is -2.40. The highest BCUT2D eigenvalue weighted by Crippen LogP contribution is 2.39. The van der Waals surface area contributed by atoms with E-state index in [1.807, 2.05) is 65.8 Å². The summed E-state index contributed by atoms with van der Waals surface area (Å²) in [6.45, 7) is 3.93. The van der Waals surface area contributed by atoms with Crippen molar-refractivity contribution in [3.8, 4) is 5.69 Å². The second kappa shape index (κ2) is 10.6. The number of aromatic carboxylic acids is 1. The van der Waals surface area contributed by atoms with Crippen LogP contribution in [0.5, 0.6) is 0 Å². The van der Waals surface area contributed by atoms with Crippen LogP contribution in [0.1, 0.15) is 59.4 Å². The fraction of sp³-hybridized carbons (Fsp3) is 0.276. The first kappa shape index (κ1) is 25.4. The maximum absolute atomic E-state index is 13.7. The molecule has 1 saturated heterocycles. The summed E-state index contributed by atoms with van der Waals surface area (Å²) in [4.78, 5) is 32.7. The van der Waals surface area contributed by atoms with Gasteiger partial charge in [0.2, 0.25) is 0 Å². The van der Waals surface area contributed by atoms with Gasteiger partial charge in [-0.2, -0.15) is 0 Å². The average Bonchev–Trinajstić information content (AvgIpc) is 3.34. The summed E-state index contributed by atoms with van der Waals surface area (Å²) in [5, 5.41) is 10.4. The zero-order valence-electron chi connectivity index (χ0n) is 20.8. The largest absolute Gasteiger partial charge is 0.478 e. The summed E-state index contributed by atoms with van der Waals surface area (Å²) in [5.74, 6) is -1.08. The number of hydrogen-bond donors (Lipinski definition) is 1. The monoisotopic (exact) mass is 533 g/mol. The van der Waals surface area contributed by atoms with E-state index in [9.17, 15) is 14.7 Å². The highest BCUT2D eigenvalue weighted by Gasteiger charge is 2.38. The van der Waals surface area contributed by atoms with E-state index in [1.54, 1.807) is 18.2 Å². The predicted molar refractivity (Wildman–Crippen MR) is 150 cm³/mol. The Morgan fingerprint density at radius 3 is 2.51 bits per heavy atom. The number of aromatic nitrogens is 1. The van der Waals surface area contributed by atoms with E-state index in [0.29, 0.717) is 10.6 Å². The molecule has 0 bridgehead atoms. The number of halogens is 1. The molecule has 8 heteroatoms. The van der Waals surface area contributed by atoms with Gasteiger partial charge in [0, 0.05) is 23.1 Å². The Hall–Kier alpha value is -3.29. The molecule has 0 unspecified atom stereocenters. The molecule has 0 spiro atoms. The lowest BCUT2D eigenvalue weighted by molar-refractivity contribution is -0.124. The quantitative estimate of drug-likeness (QED) is 0.347. The second-order valence-corrected chi connectivity index (χ2v) is 10.9. The van der Waals surface area contributed by atoms with Gasteiger partial charge in [-0.25, -0.2) is 9.79 Å². The number of rotatable bonds is 5. The first-order valence-corrected chi connectivity index (χ1v) is 13.6. The molecule has 0 radical (unpaired) electrons. The van der Waals surface area contributed by atoms with Crippen molar-refractivity contribution in [1.82, 2.24) is 9.47 Å². The molecule has 37 heavy (non-hydrogen) atoms. The number of benzene rings is 2. The number of thioether (sulfide) groups is 1. The normalized spacial score (nSPS) is 18.8. The minimum Gasteiger partial charge on any atom is -0.478 e. The van der Waals surface area contributed by atoms with E-state index in [1.165, 1.54) is 18.2 Å². The molecular formula is C29H28ClN3O3S. The minimum absolute atomic E-state index is 0.00367. The number of carbonyl (C=O) groups excluding carboxylic acids is 1. The summed E-state index contributed by atoms with van der Waals surface area (Å²) in [7, 11) is 0. The second-order valence-electron chi connectivity index (χ2n) is 9.44. The van der Waals surface area contributed by atoms with Crippen molar-refractivity contribution < 1.29 is 14.7 Å². The van der Waals surface area contributed by atoms with Crippen molar-refractivity contribution in [2.45, 2.75) is 52.0 Å². The van der Waals surface area contributed by atoms with Crippen LogP contribution in [0.2, 0.25) is 5.02 Å². The summed E-state index contributed by atoms with van der Waals surface area (Å²) in [6, 6.07) is 16.9. The molecular weight excluding hydrogens is 506 g/mol. The third kappa shape index (κ3) is 5.11. The van der Waals surface area contributed by atoms with Crippen LogP contribution >= 0.6 is 23.4 Å². The van der Waals surface area contributed by atoms with Crippen LogP contribution < -0.4 is 0 Å². The van der Waals surface area contributed by atoms with Gasteiger partial charge in [0.1, 0.15) is 0 Å². The summed E-state index contributed by atoms with van der Waals surface area (Å²) < 4.78 is 1.98. The molecule has 3 aromatic rings. The Kier molecular flexibility index (Phi) is 7.26. The number of amidine groups is 1. The number of para-hydroxylation sites is 1. The van der Waals surface area contributed by atoms with E-state index < -0.39 is 5.97 Å². The molecule has 190 valence electrons. The van der Waals surface area contributed by atoms with E-state index in [-0.39, 0.29) is 22.5 Å². The molecule has 1 N–H and O–H groups in total. The van der Waals surface area contributed by atoms with Crippen molar-refractivity contribution in [2.75, 3.05) is 0 Å². The molecule has 2 aromatic carbocycles. The molecule has 1 aromatic heterocycles. The van der Waals surface area contributed by atoms with E-state index in [0.717, 1.165) is 53.5 Å². The Balaban J connectivity index is 1.53. The Morgan fingerprint density at radius 1 is 1.08 bits per heavy atom. The summed E-state index contributed by atoms with van der Waals surface area (Å²) in [5.41, 5.74) is 4.34. The number of amides is 1. The molecule has 1 aliphatic carbocycles. The van der Waals surface area contributed by atoms with Gasteiger partial charge < -0.3 is 9.67 Å². The van der Waals surface area contributed by atoms with Crippen molar-refractivity contribution in [1.29, 1.82) is 0 Å². The number of aryl methyl sites for hydroxylation is 1. The summed E-state index contributed by atoms with van der Waals surface area (Å²) >= 11 is 7.51. The molecule has 6 nitrogen and oxygen atoms in total. The average molecular weight is 534 g/mol. The van der Waals surface area contributed by atoms with Crippen LogP contribution in [0, 0.1) is 13.8 Å². The van der Waals surface area contributed by atoms with E-state index >= 15 is 0 Å². The van der Waals surface area contributed by atoms with Crippen LogP contribution in [0.3, 0.4) is 0 Å². The van der Waals surface area contributed by atoms with Crippen molar-refractivity contribution in [3.63, 3.8) is 0 Å². The summed E-state index contributed by atoms with van der Waals surface area (Å²) in [6.07, 6.45) is 7.37. The van der Waals surface area contributed by atoms with Crippen molar-refractivity contribution in [3.05, 3.63) is 87.0 Å². The van der Waals surface area contributed by atoms with E-state index in [2.05, 4.69) is 0 Å². The predicted octanol–water partition coefficient (Wildman–Crippen LogP) is 7.38. The third-order valence-corrected chi connectivity index (χ3v) is 8.27. The van der Waals surface area contributed by atoms with Gasteiger partial charge in [0.05, 0.1) is 21.2 Å². The number of carboxylic acid groups (broad SMARTS) is 1. The lowest BCUT2D eigenvalue weighted by Gasteiger charge is -2.30. The van der Waals surface area contributed by atoms with Crippen LogP contribution in [0.4, 0.5) is 5.69 Å². The molecule has 1 aliphatic heterocycles. The SMILES string of the molecule is Cc1cc(/C=C2\SC(=Nc3ccccc3)N(C3CCCCC3)C2=O)c(C)n1-c1ccc(Cl)c(C(=O)O)c1. The van der Waals surface area contributed by atoms with Gasteiger partial charge in [-0.3, -0.25) is 9.69 Å². The van der Waals surface area contributed by atoms with E-state index in [4.69, 9.17) is 16.6 Å². The van der Waals surface area contributed by atoms with Gasteiger partial charge in [0.25, 0.3) is 5.91 Å². The van der Waals surface area contributed by atoms with Gasteiger partial charge in [0.15, 0.2) is 5.17 Å². The number of aliphatic imine (C=N–C) groups is 1. The number of hydrogen-bond acceptors (Lipinski definition) is 4. The van der Waals surface area contributed by atoms with Crippen LogP contribution in [-0.2, 0) is 4.79 Å². The molecule has 0 atom stereocenters. The van der Waals surface area contributed by atoms with Gasteiger partial charge in [-0.05, 0) is 86.5 Å². The van der Waals surface area contributed by atoms with Crippen LogP contribution in [0.15, 0.2) is 64.5 Å². The molecule has 2 heterocycles. The van der Waals surface area contributed by atoms with Crippen LogP contribution in [0.25, 0.3) is 11.8 Å². The lowest BCUT2D eigenvalue weighted by atomic mass is 9.94. The van der Waals surface area contributed by atoms with Crippen molar-refractivity contribution >= 4 is 52.2 Å². The maximum Gasteiger partial charge on any atom is 0.337 e. The first-order chi connectivity index (χ1) is 17.8. The zero-order chi connectivity index (χ0) is 26.1. The molecule has 2 fully saturated rings. The van der Waals surface area contributed by atoms with Crippen LogP contribution in [-0.4, -0.2) is 37.7 Å². The fourth-order valence-corrected chi connectivity index (χ4v) is 6.38. The molecule has 2 aliphatic rings. The molecule has 5 rings (SSSR count). The number of carbonyl (C=O) groups is 2. The van der Waals surface area contributed by atoms with Gasteiger partial charge in [-0.1, -0.05) is 49.1 Å². The first-order valence-electron chi connectivity index (χ1n) is 12.4. The highest BCUT2D eigenvalue weighted by molar-refractivity contribution is 8.18. The van der Waals surface area contributed by atoms with Crippen molar-refractivity contribution in [2.24, 2.45) is 4.99 Å². The number of nitrogens with zero attached hydrogens (tertiary/aromatic N) is 3. The number of carboxylic acids is 1. The Morgan fingerprint density at radius 2 is 1.81 bits per heavy atom. The Labute approximate surface area is 225 Å². The highest BCUT2D eigenvalue weighted by atomic mass is 35.5. The van der Waals surface area contributed by atoms with Gasteiger partial charge in [-0.15, -0.1) is 0 Å². The van der Waals surface area contributed by atoms with Gasteiger partial charge >= 0.3 is 5.97 Å². The molecule has 1 saturated carbocycles. The Bertz CT molecular complexity index is 1420. The smallest absolute Gasteiger partial charge is 0.337 e. The third-order valence-electron chi connectivity index (χ3n) is 6.95. The fourth-order valence-electron chi connectivity index (χ4n) is 5.13.